The first-order chi connectivity index (χ1) is 17.1. The first-order valence-corrected chi connectivity index (χ1v) is 13.4. The van der Waals surface area contributed by atoms with Crippen LogP contribution in [0, 0.1) is 11.6 Å². The maximum Gasteiger partial charge on any atom is 0.123 e. The maximum atomic E-state index is 13.5. The van der Waals surface area contributed by atoms with Crippen LogP contribution in [0.15, 0.2) is 78.9 Å². The molecule has 3 nitrogen and oxygen atoms in total. The largest absolute Gasteiger partial charge is 0.391 e. The molecule has 6 heteroatoms. The number of aliphatic hydroxyl groups excluding tert-OH is 1. The van der Waals surface area contributed by atoms with Gasteiger partial charge in [0.25, 0.3) is 0 Å². The zero-order chi connectivity index (χ0) is 24.5. The van der Waals surface area contributed by atoms with Crippen molar-refractivity contribution in [1.82, 2.24) is 9.80 Å². The van der Waals surface area contributed by atoms with E-state index >= 15 is 0 Å². The fraction of sp³-hybridized carbons (Fsp3) is 0.379. The Bertz CT molecular complexity index is 972. The number of aliphatic hydroxyl groups is 1. The summed E-state index contributed by atoms with van der Waals surface area (Å²) in [4.78, 5) is 4.86. The minimum atomic E-state index is -0.355. The monoisotopic (exact) mass is 496 g/mol. The van der Waals surface area contributed by atoms with Crippen LogP contribution in [0.2, 0.25) is 0 Å². The van der Waals surface area contributed by atoms with Crippen molar-refractivity contribution in [2.24, 2.45) is 0 Å². The summed E-state index contributed by atoms with van der Waals surface area (Å²) in [5.41, 5.74) is 3.22. The van der Waals surface area contributed by atoms with E-state index in [4.69, 9.17) is 0 Å². The number of hydrogen-bond donors (Lipinski definition) is 1. The summed E-state index contributed by atoms with van der Waals surface area (Å²) >= 11 is 1.81. The summed E-state index contributed by atoms with van der Waals surface area (Å²) in [5, 5.41) is 10.6. The van der Waals surface area contributed by atoms with E-state index in [9.17, 15) is 13.9 Å². The number of nitrogens with zero attached hydrogens (tertiary/aromatic N) is 2. The predicted octanol–water partition coefficient (Wildman–Crippen LogP) is 5.40. The summed E-state index contributed by atoms with van der Waals surface area (Å²) in [6.45, 7) is 5.65. The molecule has 0 radical (unpaired) electrons. The Hall–Kier alpha value is -2.25. The van der Waals surface area contributed by atoms with Gasteiger partial charge in [0.2, 0.25) is 0 Å². The topological polar surface area (TPSA) is 26.7 Å². The van der Waals surface area contributed by atoms with Gasteiger partial charge in [0.15, 0.2) is 0 Å². The Labute approximate surface area is 211 Å². The molecule has 0 amide bonds. The number of β-amino-alcohol motifs (C(OH)–C–C–N with tert-alkyl or cyclic N) is 1. The molecule has 3 aromatic carbocycles. The molecule has 1 fully saturated rings. The van der Waals surface area contributed by atoms with Crippen molar-refractivity contribution in [2.75, 3.05) is 45.0 Å². The first-order valence-electron chi connectivity index (χ1n) is 12.4. The van der Waals surface area contributed by atoms with Crippen molar-refractivity contribution in [3.05, 3.63) is 107 Å². The van der Waals surface area contributed by atoms with Crippen LogP contribution in [0.4, 0.5) is 8.78 Å². The molecule has 1 N–H and O–H groups in total. The van der Waals surface area contributed by atoms with E-state index in [1.165, 1.54) is 29.8 Å². The molecule has 0 bridgehead atoms. The Morgan fingerprint density at radius 2 is 1.31 bits per heavy atom. The quantitative estimate of drug-likeness (QED) is 0.407. The summed E-state index contributed by atoms with van der Waals surface area (Å²) in [6.07, 6.45) is 1.42. The Morgan fingerprint density at radius 1 is 0.743 bits per heavy atom. The zero-order valence-corrected chi connectivity index (χ0v) is 20.8. The van der Waals surface area contributed by atoms with Gasteiger partial charge in [-0.25, -0.2) is 8.78 Å². The molecule has 186 valence electrons. The zero-order valence-electron chi connectivity index (χ0n) is 20.0. The van der Waals surface area contributed by atoms with Gasteiger partial charge in [-0.1, -0.05) is 54.6 Å². The standard InChI is InChI=1S/C29H34F2N2OS/c30-26-11-7-24(8-12-26)29(25-9-13-27(31)14-10-25)35-20-19-32-15-4-16-33(18-17-32)22-28(34)21-23-5-2-1-3-6-23/h1-3,5-14,28-29,34H,4,15-22H2. The lowest BCUT2D eigenvalue weighted by atomic mass is 10.0. The van der Waals surface area contributed by atoms with Gasteiger partial charge in [0.05, 0.1) is 11.4 Å². The molecule has 0 saturated carbocycles. The van der Waals surface area contributed by atoms with Gasteiger partial charge in [0.1, 0.15) is 11.6 Å². The van der Waals surface area contributed by atoms with Crippen molar-refractivity contribution in [3.8, 4) is 0 Å². The van der Waals surface area contributed by atoms with Crippen LogP contribution in [0.3, 0.4) is 0 Å². The molecule has 1 aliphatic rings. The molecule has 1 heterocycles. The van der Waals surface area contributed by atoms with Gasteiger partial charge in [-0.3, -0.25) is 4.90 Å². The second-order valence-electron chi connectivity index (χ2n) is 9.19. The van der Waals surface area contributed by atoms with Crippen LogP contribution in [0.1, 0.15) is 28.4 Å². The van der Waals surface area contributed by atoms with Crippen LogP contribution in [-0.2, 0) is 6.42 Å². The summed E-state index contributed by atoms with van der Waals surface area (Å²) in [5.74, 6) is 0.426. The van der Waals surface area contributed by atoms with Crippen molar-refractivity contribution in [2.45, 2.75) is 24.2 Å². The van der Waals surface area contributed by atoms with Gasteiger partial charge in [-0.2, -0.15) is 0 Å². The van der Waals surface area contributed by atoms with Gasteiger partial charge in [-0.05, 0) is 66.9 Å². The molecule has 1 atom stereocenters. The van der Waals surface area contributed by atoms with Crippen molar-refractivity contribution < 1.29 is 13.9 Å². The summed E-state index contributed by atoms with van der Waals surface area (Å²) < 4.78 is 27.0. The minimum absolute atomic E-state index is 0.0350. The van der Waals surface area contributed by atoms with E-state index in [0.717, 1.165) is 56.0 Å². The van der Waals surface area contributed by atoms with E-state index < -0.39 is 0 Å². The summed E-state index contributed by atoms with van der Waals surface area (Å²) in [7, 11) is 0. The molecule has 1 aliphatic heterocycles. The number of thioether (sulfide) groups is 1. The molecular formula is C29H34F2N2OS. The highest BCUT2D eigenvalue weighted by Gasteiger charge is 2.19. The molecule has 0 aromatic heterocycles. The molecule has 0 spiro atoms. The van der Waals surface area contributed by atoms with Gasteiger partial charge in [0, 0.05) is 31.9 Å². The van der Waals surface area contributed by atoms with E-state index in [1.807, 2.05) is 54.2 Å². The third kappa shape index (κ3) is 8.14. The number of halogens is 2. The van der Waals surface area contributed by atoms with Gasteiger partial charge in [-0.15, -0.1) is 11.8 Å². The first kappa shape index (κ1) is 25.8. The van der Waals surface area contributed by atoms with Crippen molar-refractivity contribution >= 4 is 11.8 Å². The van der Waals surface area contributed by atoms with Crippen LogP contribution >= 0.6 is 11.8 Å². The molecule has 4 rings (SSSR count). The Morgan fingerprint density at radius 3 is 1.94 bits per heavy atom. The molecule has 1 unspecified atom stereocenters. The van der Waals surface area contributed by atoms with Crippen LogP contribution < -0.4 is 0 Å². The van der Waals surface area contributed by atoms with Gasteiger partial charge < -0.3 is 10.0 Å². The normalized spacial score (nSPS) is 16.3. The lowest BCUT2D eigenvalue weighted by Crippen LogP contribution is -2.37. The lowest BCUT2D eigenvalue weighted by Gasteiger charge is -2.24. The Balaban J connectivity index is 1.27. The fourth-order valence-electron chi connectivity index (χ4n) is 4.64. The molecular weight excluding hydrogens is 462 g/mol. The second kappa shape index (κ2) is 13.2. The third-order valence-electron chi connectivity index (χ3n) is 6.50. The summed E-state index contributed by atoms with van der Waals surface area (Å²) in [6, 6.07) is 23.4. The molecule has 35 heavy (non-hydrogen) atoms. The van der Waals surface area contributed by atoms with Crippen LogP contribution in [0.5, 0.6) is 0 Å². The maximum absolute atomic E-state index is 13.5. The smallest absolute Gasteiger partial charge is 0.123 e. The van der Waals surface area contributed by atoms with E-state index in [0.29, 0.717) is 13.0 Å². The predicted molar refractivity (Wildman–Crippen MR) is 141 cm³/mol. The van der Waals surface area contributed by atoms with Crippen LogP contribution in [-0.4, -0.2) is 66.0 Å². The van der Waals surface area contributed by atoms with Crippen molar-refractivity contribution in [3.63, 3.8) is 0 Å². The average Bonchev–Trinajstić information content (AvgIpc) is 3.09. The molecule has 0 aliphatic carbocycles. The number of hydrogen-bond acceptors (Lipinski definition) is 4. The highest BCUT2D eigenvalue weighted by Crippen LogP contribution is 2.35. The number of rotatable bonds is 10. The average molecular weight is 497 g/mol. The fourth-order valence-corrected chi connectivity index (χ4v) is 5.94. The second-order valence-corrected chi connectivity index (χ2v) is 10.4. The van der Waals surface area contributed by atoms with E-state index in [-0.39, 0.29) is 23.0 Å². The van der Waals surface area contributed by atoms with Crippen LogP contribution in [0.25, 0.3) is 0 Å². The van der Waals surface area contributed by atoms with Gasteiger partial charge >= 0.3 is 0 Å². The molecule has 1 saturated heterocycles. The molecule has 3 aromatic rings. The number of benzene rings is 3. The third-order valence-corrected chi connectivity index (χ3v) is 7.80. The van der Waals surface area contributed by atoms with E-state index in [1.54, 1.807) is 0 Å². The van der Waals surface area contributed by atoms with Crippen molar-refractivity contribution in [1.29, 1.82) is 0 Å². The SMILES string of the molecule is OC(Cc1ccccc1)CN1CCCN(CCSC(c2ccc(F)cc2)c2ccc(F)cc2)CC1. The lowest BCUT2D eigenvalue weighted by molar-refractivity contribution is 0.114. The highest BCUT2D eigenvalue weighted by molar-refractivity contribution is 7.99. The minimum Gasteiger partial charge on any atom is -0.391 e. The Kier molecular flexibility index (Phi) is 9.72. The highest BCUT2D eigenvalue weighted by atomic mass is 32.2. The van der Waals surface area contributed by atoms with E-state index in [2.05, 4.69) is 21.9 Å².